The zero-order chi connectivity index (χ0) is 15.4. The number of ether oxygens (including phenoxy) is 2. The van der Waals surface area contributed by atoms with Crippen molar-refractivity contribution in [1.82, 2.24) is 4.98 Å². The van der Waals surface area contributed by atoms with Crippen molar-refractivity contribution in [2.45, 2.75) is 0 Å². The van der Waals surface area contributed by atoms with Crippen molar-refractivity contribution in [3.63, 3.8) is 0 Å². The van der Waals surface area contributed by atoms with Gasteiger partial charge in [-0.15, -0.1) is 0 Å². The van der Waals surface area contributed by atoms with Crippen LogP contribution < -0.4 is 9.47 Å². The van der Waals surface area contributed by atoms with Crippen LogP contribution >= 0.6 is 0 Å². The van der Waals surface area contributed by atoms with E-state index in [0.717, 1.165) is 33.8 Å². The molecule has 0 aliphatic heterocycles. The van der Waals surface area contributed by atoms with Gasteiger partial charge < -0.3 is 9.47 Å². The van der Waals surface area contributed by atoms with Gasteiger partial charge in [-0.3, -0.25) is 4.98 Å². The molecule has 0 N–H and O–H groups in total. The Morgan fingerprint density at radius 2 is 1.00 bits per heavy atom. The fraction of sp³-hybridized carbons (Fsp3) is 0.105. The van der Waals surface area contributed by atoms with E-state index in [1.54, 1.807) is 14.2 Å². The number of rotatable bonds is 4. The minimum atomic E-state index is 0.850. The van der Waals surface area contributed by atoms with E-state index in [4.69, 9.17) is 9.47 Å². The summed E-state index contributed by atoms with van der Waals surface area (Å²) >= 11 is 0. The highest BCUT2D eigenvalue weighted by Crippen LogP contribution is 2.27. The van der Waals surface area contributed by atoms with Gasteiger partial charge in [-0.25, -0.2) is 0 Å². The third kappa shape index (κ3) is 2.93. The molecule has 3 nitrogen and oxygen atoms in total. The van der Waals surface area contributed by atoms with Crippen LogP contribution in [-0.2, 0) is 0 Å². The highest BCUT2D eigenvalue weighted by molar-refractivity contribution is 5.72. The average molecular weight is 291 g/mol. The Morgan fingerprint density at radius 1 is 0.591 bits per heavy atom. The summed E-state index contributed by atoms with van der Waals surface area (Å²) in [7, 11) is 3.34. The molecular weight excluding hydrogens is 274 g/mol. The molecule has 3 rings (SSSR count). The second-order valence-corrected chi connectivity index (χ2v) is 4.92. The first kappa shape index (κ1) is 14.1. The van der Waals surface area contributed by atoms with Crippen molar-refractivity contribution in [3.05, 3.63) is 67.0 Å². The molecule has 0 aliphatic rings. The first-order valence-electron chi connectivity index (χ1n) is 7.04. The topological polar surface area (TPSA) is 31.4 Å². The minimum Gasteiger partial charge on any atom is -0.497 e. The number of hydrogen-bond donors (Lipinski definition) is 0. The second-order valence-electron chi connectivity index (χ2n) is 4.92. The Hall–Kier alpha value is -2.81. The van der Waals surface area contributed by atoms with Crippen LogP contribution in [0, 0.1) is 0 Å². The highest BCUT2D eigenvalue weighted by Gasteiger charge is 2.03. The van der Waals surface area contributed by atoms with Crippen LogP contribution in [0.25, 0.3) is 22.3 Å². The van der Waals surface area contributed by atoms with Crippen LogP contribution in [-0.4, -0.2) is 19.2 Å². The fourth-order valence-electron chi connectivity index (χ4n) is 2.32. The van der Waals surface area contributed by atoms with Gasteiger partial charge in [0, 0.05) is 23.5 Å². The minimum absolute atomic E-state index is 0.850. The van der Waals surface area contributed by atoms with Gasteiger partial charge in [0.25, 0.3) is 0 Å². The third-order valence-electron chi connectivity index (χ3n) is 3.58. The number of methoxy groups -OCH3 is 2. The average Bonchev–Trinajstić information content (AvgIpc) is 2.62. The lowest BCUT2D eigenvalue weighted by Gasteiger charge is -2.07. The maximum absolute atomic E-state index is 5.19. The van der Waals surface area contributed by atoms with Gasteiger partial charge in [0.2, 0.25) is 0 Å². The van der Waals surface area contributed by atoms with E-state index in [1.807, 2.05) is 60.9 Å². The van der Waals surface area contributed by atoms with Crippen molar-refractivity contribution in [3.8, 4) is 33.8 Å². The molecule has 0 unspecified atom stereocenters. The molecule has 0 fully saturated rings. The van der Waals surface area contributed by atoms with Gasteiger partial charge in [0.15, 0.2) is 0 Å². The molecule has 3 aromatic rings. The van der Waals surface area contributed by atoms with Crippen molar-refractivity contribution >= 4 is 0 Å². The summed E-state index contributed by atoms with van der Waals surface area (Å²) < 4.78 is 10.4. The zero-order valence-corrected chi connectivity index (χ0v) is 12.6. The van der Waals surface area contributed by atoms with Gasteiger partial charge in [0.05, 0.1) is 14.2 Å². The van der Waals surface area contributed by atoms with E-state index < -0.39 is 0 Å². The third-order valence-corrected chi connectivity index (χ3v) is 3.58. The Balaban J connectivity index is 1.93. The monoisotopic (exact) mass is 291 g/mol. The van der Waals surface area contributed by atoms with E-state index in [-0.39, 0.29) is 0 Å². The zero-order valence-electron chi connectivity index (χ0n) is 12.6. The Morgan fingerprint density at radius 3 is 1.36 bits per heavy atom. The number of aromatic nitrogens is 1. The summed E-state index contributed by atoms with van der Waals surface area (Å²) in [5, 5.41) is 0. The van der Waals surface area contributed by atoms with E-state index in [9.17, 15) is 0 Å². The second kappa shape index (κ2) is 6.31. The SMILES string of the molecule is COc1ccc(-c2cncc(-c3ccc(OC)cc3)c2)cc1. The summed E-state index contributed by atoms with van der Waals surface area (Å²) in [6, 6.07) is 18.1. The standard InChI is InChI=1S/C19H17NO2/c1-21-18-7-3-14(4-8-18)16-11-17(13-20-12-16)15-5-9-19(22-2)10-6-15/h3-13H,1-2H3. The fourth-order valence-corrected chi connectivity index (χ4v) is 2.32. The van der Waals surface area contributed by atoms with Crippen molar-refractivity contribution in [2.24, 2.45) is 0 Å². The van der Waals surface area contributed by atoms with E-state index in [0.29, 0.717) is 0 Å². The van der Waals surface area contributed by atoms with E-state index >= 15 is 0 Å². The molecule has 1 heterocycles. The van der Waals surface area contributed by atoms with E-state index in [2.05, 4.69) is 11.1 Å². The summed E-state index contributed by atoms with van der Waals surface area (Å²) in [6.07, 6.45) is 3.74. The molecule has 0 radical (unpaired) electrons. The molecule has 0 saturated heterocycles. The van der Waals surface area contributed by atoms with Crippen LogP contribution in [0.2, 0.25) is 0 Å². The molecule has 2 aromatic carbocycles. The molecule has 22 heavy (non-hydrogen) atoms. The number of hydrogen-bond acceptors (Lipinski definition) is 3. The lowest BCUT2D eigenvalue weighted by Crippen LogP contribution is -1.86. The van der Waals surface area contributed by atoms with Crippen LogP contribution in [0.5, 0.6) is 11.5 Å². The molecule has 3 heteroatoms. The normalized spacial score (nSPS) is 10.3. The molecule has 0 bridgehead atoms. The maximum Gasteiger partial charge on any atom is 0.118 e. The van der Waals surface area contributed by atoms with E-state index in [1.165, 1.54) is 0 Å². The van der Waals surface area contributed by atoms with Gasteiger partial charge in [-0.05, 0) is 41.5 Å². The lowest BCUT2D eigenvalue weighted by atomic mass is 10.0. The van der Waals surface area contributed by atoms with Crippen LogP contribution in [0.15, 0.2) is 67.0 Å². The Kier molecular flexibility index (Phi) is 4.05. The largest absolute Gasteiger partial charge is 0.497 e. The molecule has 0 saturated carbocycles. The molecule has 0 amide bonds. The molecule has 1 aromatic heterocycles. The molecule has 110 valence electrons. The van der Waals surface area contributed by atoms with Crippen molar-refractivity contribution in [2.75, 3.05) is 14.2 Å². The Labute approximate surface area is 130 Å². The number of benzene rings is 2. The quantitative estimate of drug-likeness (QED) is 0.712. The van der Waals surface area contributed by atoms with Crippen molar-refractivity contribution < 1.29 is 9.47 Å². The van der Waals surface area contributed by atoms with Gasteiger partial charge >= 0.3 is 0 Å². The molecular formula is C19H17NO2. The van der Waals surface area contributed by atoms with Crippen LogP contribution in [0.4, 0.5) is 0 Å². The molecule has 0 spiro atoms. The predicted molar refractivity (Wildman–Crippen MR) is 88.2 cm³/mol. The Bertz CT molecular complexity index is 686. The first-order valence-corrected chi connectivity index (χ1v) is 7.04. The van der Waals surface area contributed by atoms with Crippen molar-refractivity contribution in [1.29, 1.82) is 0 Å². The number of nitrogens with zero attached hydrogens (tertiary/aromatic N) is 1. The van der Waals surface area contributed by atoms with Gasteiger partial charge in [-0.1, -0.05) is 24.3 Å². The number of pyridine rings is 1. The lowest BCUT2D eigenvalue weighted by molar-refractivity contribution is 0.415. The summed E-state index contributed by atoms with van der Waals surface area (Å²) in [6.45, 7) is 0. The van der Waals surface area contributed by atoms with Crippen LogP contribution in [0.1, 0.15) is 0 Å². The highest BCUT2D eigenvalue weighted by atomic mass is 16.5. The van der Waals surface area contributed by atoms with Gasteiger partial charge in [-0.2, -0.15) is 0 Å². The summed E-state index contributed by atoms with van der Waals surface area (Å²) in [5.41, 5.74) is 4.39. The van der Waals surface area contributed by atoms with Crippen LogP contribution in [0.3, 0.4) is 0 Å². The summed E-state index contributed by atoms with van der Waals surface area (Å²) in [4.78, 5) is 4.36. The molecule has 0 aliphatic carbocycles. The maximum atomic E-state index is 5.19. The van der Waals surface area contributed by atoms with Gasteiger partial charge in [0.1, 0.15) is 11.5 Å². The smallest absolute Gasteiger partial charge is 0.118 e. The molecule has 0 atom stereocenters. The predicted octanol–water partition coefficient (Wildman–Crippen LogP) is 4.43. The first-order chi connectivity index (χ1) is 10.8. The summed E-state index contributed by atoms with van der Waals surface area (Å²) in [5.74, 6) is 1.70.